The number of rotatable bonds is 4. The SMILES string of the molecule is C=CCNc1nc(C)cn1-c1ccccc1C(F)(F)F. The van der Waals surface area contributed by atoms with Crippen molar-refractivity contribution in [1.29, 1.82) is 0 Å². The average molecular weight is 281 g/mol. The minimum Gasteiger partial charge on any atom is -0.352 e. The van der Waals surface area contributed by atoms with E-state index in [0.29, 0.717) is 18.2 Å². The third-order valence-electron chi connectivity index (χ3n) is 2.70. The third-order valence-corrected chi connectivity index (χ3v) is 2.70. The molecule has 2 aromatic rings. The summed E-state index contributed by atoms with van der Waals surface area (Å²) >= 11 is 0. The molecule has 106 valence electrons. The Morgan fingerprint density at radius 2 is 2.05 bits per heavy atom. The molecule has 6 heteroatoms. The third kappa shape index (κ3) is 2.84. The van der Waals surface area contributed by atoms with Crippen LogP contribution in [0.2, 0.25) is 0 Å². The highest BCUT2D eigenvalue weighted by molar-refractivity contribution is 5.49. The molecule has 0 fully saturated rings. The van der Waals surface area contributed by atoms with E-state index < -0.39 is 11.7 Å². The first kappa shape index (κ1) is 14.2. The van der Waals surface area contributed by atoms with Crippen molar-refractivity contribution in [2.75, 3.05) is 11.9 Å². The van der Waals surface area contributed by atoms with Gasteiger partial charge in [-0.3, -0.25) is 4.57 Å². The summed E-state index contributed by atoms with van der Waals surface area (Å²) in [6.45, 7) is 5.71. The van der Waals surface area contributed by atoms with Gasteiger partial charge in [-0.05, 0) is 19.1 Å². The first-order valence-corrected chi connectivity index (χ1v) is 6.01. The molecular weight excluding hydrogens is 267 g/mol. The van der Waals surface area contributed by atoms with Gasteiger partial charge in [-0.2, -0.15) is 13.2 Å². The molecular formula is C14H14F3N3. The Morgan fingerprint density at radius 1 is 1.35 bits per heavy atom. The van der Waals surface area contributed by atoms with Gasteiger partial charge in [0.15, 0.2) is 0 Å². The van der Waals surface area contributed by atoms with Gasteiger partial charge in [-0.1, -0.05) is 18.2 Å². The maximum absolute atomic E-state index is 13.1. The van der Waals surface area contributed by atoms with Crippen LogP contribution >= 0.6 is 0 Å². The van der Waals surface area contributed by atoms with E-state index in [1.807, 2.05) is 0 Å². The van der Waals surface area contributed by atoms with Crippen molar-refractivity contribution in [2.45, 2.75) is 13.1 Å². The van der Waals surface area contributed by atoms with Crippen LogP contribution in [0.3, 0.4) is 0 Å². The molecule has 0 atom stereocenters. The van der Waals surface area contributed by atoms with E-state index in [0.717, 1.165) is 6.07 Å². The van der Waals surface area contributed by atoms with E-state index >= 15 is 0 Å². The minimum absolute atomic E-state index is 0.0483. The number of nitrogens with zero attached hydrogens (tertiary/aromatic N) is 2. The molecule has 20 heavy (non-hydrogen) atoms. The molecule has 1 aromatic carbocycles. The van der Waals surface area contributed by atoms with E-state index in [4.69, 9.17) is 0 Å². The topological polar surface area (TPSA) is 29.9 Å². The molecule has 0 bridgehead atoms. The number of hydrogen-bond acceptors (Lipinski definition) is 2. The number of halogens is 3. The largest absolute Gasteiger partial charge is 0.418 e. The van der Waals surface area contributed by atoms with Gasteiger partial charge in [-0.15, -0.1) is 6.58 Å². The fourth-order valence-electron chi connectivity index (χ4n) is 1.89. The molecule has 0 aliphatic heterocycles. The summed E-state index contributed by atoms with van der Waals surface area (Å²) in [4.78, 5) is 4.18. The zero-order valence-electron chi connectivity index (χ0n) is 10.9. The van der Waals surface area contributed by atoms with Gasteiger partial charge in [0.05, 0.1) is 16.9 Å². The van der Waals surface area contributed by atoms with Crippen LogP contribution in [0.25, 0.3) is 5.69 Å². The van der Waals surface area contributed by atoms with Gasteiger partial charge in [0.25, 0.3) is 0 Å². The van der Waals surface area contributed by atoms with Crippen molar-refractivity contribution in [3.05, 3.63) is 54.4 Å². The van der Waals surface area contributed by atoms with Crippen molar-refractivity contribution in [3.63, 3.8) is 0 Å². The minimum atomic E-state index is -4.41. The molecule has 0 aliphatic carbocycles. The number of aromatic nitrogens is 2. The predicted molar refractivity (Wildman–Crippen MR) is 72.0 cm³/mol. The molecule has 0 unspecified atom stereocenters. The van der Waals surface area contributed by atoms with Gasteiger partial charge in [0, 0.05) is 12.7 Å². The van der Waals surface area contributed by atoms with E-state index in [9.17, 15) is 13.2 Å². The van der Waals surface area contributed by atoms with Crippen LogP contribution in [0.5, 0.6) is 0 Å². The second-order valence-electron chi connectivity index (χ2n) is 4.26. The fraction of sp³-hybridized carbons (Fsp3) is 0.214. The number of para-hydroxylation sites is 1. The highest BCUT2D eigenvalue weighted by Gasteiger charge is 2.34. The Morgan fingerprint density at radius 3 is 2.70 bits per heavy atom. The number of anilines is 1. The summed E-state index contributed by atoms with van der Waals surface area (Å²) in [6.07, 6.45) is -1.23. The van der Waals surface area contributed by atoms with E-state index in [1.165, 1.54) is 16.7 Å². The van der Waals surface area contributed by atoms with Crippen molar-refractivity contribution in [2.24, 2.45) is 0 Å². The van der Waals surface area contributed by atoms with Crippen LogP contribution in [0.1, 0.15) is 11.3 Å². The van der Waals surface area contributed by atoms with Gasteiger partial charge in [-0.25, -0.2) is 4.98 Å². The smallest absolute Gasteiger partial charge is 0.352 e. The summed E-state index contributed by atoms with van der Waals surface area (Å²) in [5.74, 6) is 0.360. The highest BCUT2D eigenvalue weighted by atomic mass is 19.4. The van der Waals surface area contributed by atoms with E-state index in [2.05, 4.69) is 16.9 Å². The van der Waals surface area contributed by atoms with Crippen molar-refractivity contribution in [3.8, 4) is 5.69 Å². The molecule has 0 aliphatic rings. The Kier molecular flexibility index (Phi) is 3.83. The maximum Gasteiger partial charge on any atom is 0.418 e. The zero-order chi connectivity index (χ0) is 14.8. The second kappa shape index (κ2) is 5.40. The Bertz CT molecular complexity index is 614. The van der Waals surface area contributed by atoms with Crippen LogP contribution in [-0.4, -0.2) is 16.1 Å². The molecule has 1 N–H and O–H groups in total. The van der Waals surface area contributed by atoms with Crippen LogP contribution in [0, 0.1) is 6.92 Å². The van der Waals surface area contributed by atoms with Crippen molar-refractivity contribution in [1.82, 2.24) is 9.55 Å². The molecule has 2 rings (SSSR count). The van der Waals surface area contributed by atoms with E-state index in [-0.39, 0.29) is 5.69 Å². The van der Waals surface area contributed by atoms with Gasteiger partial charge < -0.3 is 5.32 Å². The number of aryl methyl sites for hydroxylation is 1. The number of nitrogens with one attached hydrogen (secondary N) is 1. The number of imidazole rings is 1. The lowest BCUT2D eigenvalue weighted by molar-refractivity contribution is -0.137. The Hall–Kier alpha value is -2.24. The number of alkyl halides is 3. The Balaban J connectivity index is 2.54. The van der Waals surface area contributed by atoms with Crippen LogP contribution in [0.4, 0.5) is 19.1 Å². The summed E-state index contributed by atoms with van der Waals surface area (Å²) < 4.78 is 40.6. The van der Waals surface area contributed by atoms with Crippen molar-refractivity contribution < 1.29 is 13.2 Å². The standard InChI is InChI=1S/C14H14F3N3/c1-3-8-18-13-19-10(2)9-20(13)12-7-5-4-6-11(12)14(15,16)17/h3-7,9H,1,8H2,2H3,(H,18,19). The fourth-order valence-corrected chi connectivity index (χ4v) is 1.89. The molecule has 0 radical (unpaired) electrons. The van der Waals surface area contributed by atoms with E-state index in [1.54, 1.807) is 25.3 Å². The summed E-state index contributed by atoms with van der Waals surface area (Å²) in [5, 5.41) is 2.93. The first-order chi connectivity index (χ1) is 9.43. The zero-order valence-corrected chi connectivity index (χ0v) is 10.9. The lowest BCUT2D eigenvalue weighted by Gasteiger charge is -2.15. The van der Waals surface area contributed by atoms with Crippen LogP contribution < -0.4 is 5.32 Å². The van der Waals surface area contributed by atoms with Gasteiger partial charge in [0.1, 0.15) is 0 Å². The molecule has 0 spiro atoms. The predicted octanol–water partition coefficient (Wildman–Crippen LogP) is 3.80. The summed E-state index contributed by atoms with van der Waals surface area (Å²) in [7, 11) is 0. The average Bonchev–Trinajstić information content (AvgIpc) is 2.76. The summed E-state index contributed by atoms with van der Waals surface area (Å²) in [5.41, 5.74) is -0.0141. The molecule has 3 nitrogen and oxygen atoms in total. The number of hydrogen-bond donors (Lipinski definition) is 1. The summed E-state index contributed by atoms with van der Waals surface area (Å²) in [6, 6.07) is 5.41. The first-order valence-electron chi connectivity index (χ1n) is 6.01. The molecule has 0 amide bonds. The molecule has 1 heterocycles. The normalized spacial score (nSPS) is 11.4. The molecule has 0 saturated carbocycles. The number of benzene rings is 1. The lowest BCUT2D eigenvalue weighted by atomic mass is 10.1. The molecule has 1 aromatic heterocycles. The Labute approximate surface area is 114 Å². The second-order valence-corrected chi connectivity index (χ2v) is 4.26. The monoisotopic (exact) mass is 281 g/mol. The lowest BCUT2D eigenvalue weighted by Crippen LogP contribution is -2.12. The van der Waals surface area contributed by atoms with Crippen LogP contribution in [0.15, 0.2) is 43.1 Å². The maximum atomic E-state index is 13.1. The van der Waals surface area contributed by atoms with Gasteiger partial charge in [0.2, 0.25) is 5.95 Å². The quantitative estimate of drug-likeness (QED) is 0.864. The van der Waals surface area contributed by atoms with Gasteiger partial charge >= 0.3 is 6.18 Å². The van der Waals surface area contributed by atoms with Crippen molar-refractivity contribution >= 4 is 5.95 Å². The van der Waals surface area contributed by atoms with Crippen LogP contribution in [-0.2, 0) is 6.18 Å². The highest BCUT2D eigenvalue weighted by Crippen LogP contribution is 2.34. The molecule has 0 saturated heterocycles.